The number of carbonyl (C=O) groups is 2. The Kier molecular flexibility index (Phi) is 8.30. The molecule has 2 N–H and O–H groups in total. The molecule has 0 aliphatic carbocycles. The summed E-state index contributed by atoms with van der Waals surface area (Å²) in [4.78, 5) is 20.8. The molecule has 1 aromatic heterocycles. The van der Waals surface area contributed by atoms with E-state index in [1.165, 1.54) is 92.8 Å². The molecule has 3 heterocycles. The molecule has 7 nitrogen and oxygen atoms in total. The van der Waals surface area contributed by atoms with Gasteiger partial charge < -0.3 is 15.1 Å². The predicted molar refractivity (Wildman–Crippen MR) is 102 cm³/mol. The highest BCUT2D eigenvalue weighted by Gasteiger charge is 2.45. The average molecular weight is 402 g/mol. The van der Waals surface area contributed by atoms with Crippen molar-refractivity contribution in [2.75, 3.05) is 25.4 Å². The lowest BCUT2D eigenvalue weighted by Crippen LogP contribution is -2.37. The van der Waals surface area contributed by atoms with Crippen molar-refractivity contribution in [2.45, 2.75) is 62.3 Å². The summed E-state index contributed by atoms with van der Waals surface area (Å²) in [6.45, 7) is 6.04. The Bertz CT molecular complexity index is 595. The predicted octanol–water partition coefficient (Wildman–Crippen LogP) is 3.10. The van der Waals surface area contributed by atoms with Gasteiger partial charge in [0.15, 0.2) is 0 Å². The van der Waals surface area contributed by atoms with Gasteiger partial charge in [0.2, 0.25) is 0 Å². The van der Waals surface area contributed by atoms with Crippen LogP contribution in [0.1, 0.15) is 57.6 Å². The zero-order valence-corrected chi connectivity index (χ0v) is 16.8. The molecule has 1 aromatic rings. The molecule has 3 rings (SSSR count). The minimum atomic E-state index is -1.82. The van der Waals surface area contributed by atoms with Crippen LogP contribution in [0.5, 0.6) is 0 Å². The molecule has 146 valence electrons. The second-order valence-corrected chi connectivity index (χ2v) is 8.46. The lowest BCUT2D eigenvalue weighted by Gasteiger charge is -2.32. The van der Waals surface area contributed by atoms with Crippen LogP contribution >= 0.6 is 23.5 Å². The van der Waals surface area contributed by atoms with Crippen molar-refractivity contribution in [1.29, 1.82) is 0 Å². The molecule has 0 amide bonds. The maximum Gasteiger partial charge on any atom is 0.414 e. The van der Waals surface area contributed by atoms with Crippen LogP contribution in [0, 0.1) is 0 Å². The number of aromatic nitrogens is 2. The molecule has 2 bridgehead atoms. The first kappa shape index (κ1) is 21.1. The fraction of sp³-hybridized carbons (Fsp3) is 0.765. The molecule has 2 saturated heterocycles. The Labute approximate surface area is 162 Å². The van der Waals surface area contributed by atoms with Crippen LogP contribution in [-0.2, 0) is 15.0 Å². The van der Waals surface area contributed by atoms with Crippen molar-refractivity contribution in [3.63, 3.8) is 0 Å². The number of thioether (sulfide) groups is 1. The second kappa shape index (κ2) is 10.2. The Morgan fingerprint density at radius 1 is 1.15 bits per heavy atom. The lowest BCUT2D eigenvalue weighted by molar-refractivity contribution is -0.159. The van der Waals surface area contributed by atoms with Crippen LogP contribution in [0.25, 0.3) is 0 Å². The molecule has 2 fully saturated rings. The molecule has 2 atom stereocenters. The van der Waals surface area contributed by atoms with Crippen molar-refractivity contribution >= 4 is 35.4 Å². The van der Waals surface area contributed by atoms with Gasteiger partial charge in [-0.05, 0) is 44.5 Å². The molecular formula is C17H27N3O4S2. The number of aliphatic carboxylic acids is 2. The first-order valence-corrected chi connectivity index (χ1v) is 10.8. The molecule has 0 aromatic carbocycles. The number of unbranched alkanes of at least 4 members (excludes halogenated alkanes) is 3. The fourth-order valence-corrected chi connectivity index (χ4v) is 5.48. The minimum Gasteiger partial charge on any atom is -0.473 e. The molecule has 0 saturated carbocycles. The summed E-state index contributed by atoms with van der Waals surface area (Å²) in [7, 11) is 0. The molecule has 2 aliphatic heterocycles. The third-order valence-corrected chi connectivity index (χ3v) is 6.64. The van der Waals surface area contributed by atoms with Gasteiger partial charge in [0.05, 0.1) is 17.4 Å². The van der Waals surface area contributed by atoms with Gasteiger partial charge in [-0.3, -0.25) is 0 Å². The molecule has 9 heteroatoms. The highest BCUT2D eigenvalue weighted by atomic mass is 32.2. The van der Waals surface area contributed by atoms with Gasteiger partial charge in [0.1, 0.15) is 5.03 Å². The molecular weight excluding hydrogens is 374 g/mol. The van der Waals surface area contributed by atoms with Gasteiger partial charge in [0, 0.05) is 12.0 Å². The third-order valence-electron chi connectivity index (χ3n) is 4.94. The Balaban J connectivity index is 0.000000352. The average Bonchev–Trinajstić information content (AvgIpc) is 3.20. The van der Waals surface area contributed by atoms with Gasteiger partial charge >= 0.3 is 11.9 Å². The van der Waals surface area contributed by atoms with E-state index in [0.29, 0.717) is 5.41 Å². The summed E-state index contributed by atoms with van der Waals surface area (Å²) in [5.74, 6) is -2.44. The van der Waals surface area contributed by atoms with Crippen molar-refractivity contribution in [3.8, 4) is 0 Å². The number of hydrogen-bond acceptors (Lipinski definition) is 7. The molecule has 0 spiro atoms. The summed E-state index contributed by atoms with van der Waals surface area (Å²) in [6, 6.07) is 0. The fourth-order valence-electron chi connectivity index (χ4n) is 3.60. The smallest absolute Gasteiger partial charge is 0.414 e. The Morgan fingerprint density at radius 3 is 2.62 bits per heavy atom. The summed E-state index contributed by atoms with van der Waals surface area (Å²) >= 11 is 3.37. The summed E-state index contributed by atoms with van der Waals surface area (Å²) in [6.07, 6.45) is 9.29. The van der Waals surface area contributed by atoms with E-state index in [-0.39, 0.29) is 0 Å². The molecule has 0 radical (unpaired) electrons. The van der Waals surface area contributed by atoms with Crippen LogP contribution in [-0.4, -0.2) is 61.2 Å². The number of nitrogens with zero attached hydrogens (tertiary/aromatic N) is 3. The number of hydrogen-bond donors (Lipinski definition) is 2. The Hall–Kier alpha value is -1.19. The first-order chi connectivity index (χ1) is 12.5. The van der Waals surface area contributed by atoms with Gasteiger partial charge in [-0.2, -0.15) is 8.75 Å². The lowest BCUT2D eigenvalue weighted by atomic mass is 9.78. The van der Waals surface area contributed by atoms with Gasteiger partial charge in [-0.15, -0.1) is 11.8 Å². The normalized spacial score (nSPS) is 24.0. The zero-order valence-electron chi connectivity index (χ0n) is 15.1. The summed E-state index contributed by atoms with van der Waals surface area (Å²) < 4.78 is 9.30. The van der Waals surface area contributed by atoms with E-state index in [0.717, 1.165) is 0 Å². The number of carboxylic acids is 2. The van der Waals surface area contributed by atoms with Crippen molar-refractivity contribution < 1.29 is 19.8 Å². The van der Waals surface area contributed by atoms with Crippen molar-refractivity contribution in [3.05, 3.63) is 5.69 Å². The molecule has 26 heavy (non-hydrogen) atoms. The van der Waals surface area contributed by atoms with Crippen LogP contribution in [0.2, 0.25) is 0 Å². The minimum absolute atomic E-state index is 0.344. The van der Waals surface area contributed by atoms with E-state index in [1.807, 2.05) is 11.8 Å². The maximum absolute atomic E-state index is 9.10. The van der Waals surface area contributed by atoms with E-state index in [2.05, 4.69) is 16.2 Å². The highest BCUT2D eigenvalue weighted by molar-refractivity contribution is 7.99. The number of piperidine rings is 1. The summed E-state index contributed by atoms with van der Waals surface area (Å²) in [5.41, 5.74) is 1.68. The Morgan fingerprint density at radius 2 is 1.92 bits per heavy atom. The maximum atomic E-state index is 9.10. The third kappa shape index (κ3) is 5.65. The standard InChI is InChI=1S/C15H25N3S2.C2H2O4/c1-2-3-4-5-11-19-14-13(16-20-17-14)15-7-6-9-18(12-15)10-8-15;3-1(4)2(5)6/h2-12H2,1H3;(H,3,4)(H,5,6). The highest BCUT2D eigenvalue weighted by Crippen LogP contribution is 2.44. The monoisotopic (exact) mass is 401 g/mol. The van der Waals surface area contributed by atoms with Crippen molar-refractivity contribution in [1.82, 2.24) is 13.6 Å². The number of carboxylic acid groups (broad SMARTS) is 2. The molecule has 2 unspecified atom stereocenters. The van der Waals surface area contributed by atoms with Crippen LogP contribution < -0.4 is 0 Å². The first-order valence-electron chi connectivity index (χ1n) is 9.13. The van der Waals surface area contributed by atoms with E-state index in [4.69, 9.17) is 24.2 Å². The second-order valence-electron chi connectivity index (χ2n) is 6.85. The number of fused-ring (bicyclic) bond motifs is 2. The van der Waals surface area contributed by atoms with E-state index in [9.17, 15) is 0 Å². The molecule has 2 aliphatic rings. The summed E-state index contributed by atoms with van der Waals surface area (Å²) in [5, 5.41) is 16.0. The zero-order chi connectivity index (χ0) is 19.0. The largest absolute Gasteiger partial charge is 0.473 e. The SMILES string of the molecule is CCCCCCSc1nsnc1C12CCCN(CC1)C2.O=C(O)C(=O)O. The van der Waals surface area contributed by atoms with Crippen LogP contribution in [0.3, 0.4) is 0 Å². The van der Waals surface area contributed by atoms with Gasteiger partial charge in [-0.25, -0.2) is 9.59 Å². The van der Waals surface area contributed by atoms with Crippen LogP contribution in [0.15, 0.2) is 5.03 Å². The number of rotatable bonds is 7. The van der Waals surface area contributed by atoms with Crippen LogP contribution in [0.4, 0.5) is 0 Å². The van der Waals surface area contributed by atoms with E-state index in [1.54, 1.807) is 0 Å². The van der Waals surface area contributed by atoms with E-state index >= 15 is 0 Å². The van der Waals surface area contributed by atoms with Crippen molar-refractivity contribution in [2.24, 2.45) is 0 Å². The van der Waals surface area contributed by atoms with Gasteiger partial charge in [-0.1, -0.05) is 26.2 Å². The van der Waals surface area contributed by atoms with Gasteiger partial charge in [0.25, 0.3) is 0 Å². The van der Waals surface area contributed by atoms with E-state index < -0.39 is 11.9 Å². The quantitative estimate of drug-likeness (QED) is 0.408. The topological polar surface area (TPSA) is 104 Å².